The standard InChI is InChI=1S/C24H28ClN3O6/c1-16(24(30)26-18-8-4-5-9-18)27(14-17-7-3-6-10-20(17)25)23(29)15-34-19-11-12-21(28(31)32)22(13-19)33-2/h3,6-7,10-13,16,18H,4-5,8-9,14-15H2,1-2H3,(H,26,30)/t16-/m0/s1. The Labute approximate surface area is 203 Å². The van der Waals surface area contributed by atoms with Gasteiger partial charge in [0.05, 0.1) is 12.0 Å². The summed E-state index contributed by atoms with van der Waals surface area (Å²) >= 11 is 6.30. The molecule has 1 atom stereocenters. The number of amides is 2. The molecule has 2 aromatic carbocycles. The van der Waals surface area contributed by atoms with Crippen LogP contribution in [0.15, 0.2) is 42.5 Å². The molecule has 10 heteroatoms. The maximum absolute atomic E-state index is 13.2. The molecule has 182 valence electrons. The van der Waals surface area contributed by atoms with E-state index in [2.05, 4.69) is 5.32 Å². The third-order valence-corrected chi connectivity index (χ3v) is 6.25. The summed E-state index contributed by atoms with van der Waals surface area (Å²) in [6.45, 7) is 1.44. The van der Waals surface area contributed by atoms with E-state index in [1.54, 1.807) is 25.1 Å². The molecule has 34 heavy (non-hydrogen) atoms. The van der Waals surface area contributed by atoms with E-state index in [1.165, 1.54) is 30.2 Å². The van der Waals surface area contributed by atoms with E-state index in [0.717, 1.165) is 25.7 Å². The number of nitro groups is 1. The molecular formula is C24H28ClN3O6. The van der Waals surface area contributed by atoms with Crippen molar-refractivity contribution in [3.8, 4) is 11.5 Å². The number of hydrogen-bond donors (Lipinski definition) is 1. The lowest BCUT2D eigenvalue weighted by atomic mass is 10.1. The Morgan fingerprint density at radius 3 is 2.59 bits per heavy atom. The molecule has 1 fully saturated rings. The number of rotatable bonds is 10. The van der Waals surface area contributed by atoms with Crippen LogP contribution in [-0.4, -0.2) is 47.4 Å². The zero-order valence-corrected chi connectivity index (χ0v) is 19.9. The Morgan fingerprint density at radius 1 is 1.24 bits per heavy atom. The molecule has 2 aromatic rings. The quantitative estimate of drug-likeness (QED) is 0.397. The van der Waals surface area contributed by atoms with Crippen molar-refractivity contribution in [2.45, 2.75) is 51.2 Å². The molecular weight excluding hydrogens is 462 g/mol. The third-order valence-electron chi connectivity index (χ3n) is 5.88. The smallest absolute Gasteiger partial charge is 0.311 e. The third kappa shape index (κ3) is 6.38. The van der Waals surface area contributed by atoms with Crippen LogP contribution >= 0.6 is 11.6 Å². The van der Waals surface area contributed by atoms with Gasteiger partial charge in [-0.05, 0) is 37.5 Å². The van der Waals surface area contributed by atoms with E-state index in [4.69, 9.17) is 21.1 Å². The van der Waals surface area contributed by atoms with Gasteiger partial charge in [-0.2, -0.15) is 0 Å². The Balaban J connectivity index is 1.75. The van der Waals surface area contributed by atoms with Gasteiger partial charge >= 0.3 is 5.69 Å². The van der Waals surface area contributed by atoms with Crippen LogP contribution in [0, 0.1) is 10.1 Å². The highest BCUT2D eigenvalue weighted by molar-refractivity contribution is 6.31. The van der Waals surface area contributed by atoms with Crippen LogP contribution in [0.3, 0.4) is 0 Å². The predicted molar refractivity (Wildman–Crippen MR) is 127 cm³/mol. The first-order valence-corrected chi connectivity index (χ1v) is 11.5. The molecule has 0 heterocycles. The second-order valence-corrected chi connectivity index (χ2v) is 8.57. The van der Waals surface area contributed by atoms with Crippen molar-refractivity contribution >= 4 is 29.1 Å². The van der Waals surface area contributed by atoms with Crippen LogP contribution < -0.4 is 14.8 Å². The topological polar surface area (TPSA) is 111 Å². The van der Waals surface area contributed by atoms with Crippen molar-refractivity contribution in [2.75, 3.05) is 13.7 Å². The molecule has 1 aliphatic carbocycles. The molecule has 0 bridgehead atoms. The fourth-order valence-electron chi connectivity index (χ4n) is 3.91. The van der Waals surface area contributed by atoms with Gasteiger partial charge in [-0.15, -0.1) is 0 Å². The Morgan fingerprint density at radius 2 is 1.94 bits per heavy atom. The molecule has 1 saturated carbocycles. The Hall–Kier alpha value is -3.33. The largest absolute Gasteiger partial charge is 0.490 e. The van der Waals surface area contributed by atoms with Crippen LogP contribution in [-0.2, 0) is 16.1 Å². The van der Waals surface area contributed by atoms with Crippen LogP contribution in [0.25, 0.3) is 0 Å². The van der Waals surface area contributed by atoms with E-state index in [9.17, 15) is 19.7 Å². The van der Waals surface area contributed by atoms with E-state index in [0.29, 0.717) is 10.6 Å². The summed E-state index contributed by atoms with van der Waals surface area (Å²) in [5.74, 6) is -0.403. The molecule has 1 N–H and O–H groups in total. The number of ether oxygens (including phenoxy) is 2. The maximum Gasteiger partial charge on any atom is 0.311 e. The van der Waals surface area contributed by atoms with Gasteiger partial charge in [-0.3, -0.25) is 19.7 Å². The lowest BCUT2D eigenvalue weighted by molar-refractivity contribution is -0.385. The highest BCUT2D eigenvalue weighted by Crippen LogP contribution is 2.31. The van der Waals surface area contributed by atoms with Gasteiger partial charge in [-0.25, -0.2) is 0 Å². The molecule has 2 amide bonds. The number of nitrogens with zero attached hydrogens (tertiary/aromatic N) is 2. The number of nitro benzene ring substituents is 1. The van der Waals surface area contributed by atoms with Crippen LogP contribution in [0.1, 0.15) is 38.2 Å². The molecule has 3 rings (SSSR count). The number of benzene rings is 2. The van der Waals surface area contributed by atoms with Gasteiger partial charge in [0.25, 0.3) is 5.91 Å². The minimum Gasteiger partial charge on any atom is -0.490 e. The fraction of sp³-hybridized carbons (Fsp3) is 0.417. The average molecular weight is 490 g/mol. The summed E-state index contributed by atoms with van der Waals surface area (Å²) in [7, 11) is 1.31. The predicted octanol–water partition coefficient (Wildman–Crippen LogP) is 4.11. The first-order valence-electron chi connectivity index (χ1n) is 11.1. The van der Waals surface area contributed by atoms with Crippen molar-refractivity contribution in [3.63, 3.8) is 0 Å². The lowest BCUT2D eigenvalue weighted by Gasteiger charge is -2.30. The van der Waals surface area contributed by atoms with Crippen molar-refractivity contribution in [1.29, 1.82) is 0 Å². The molecule has 0 aliphatic heterocycles. The average Bonchev–Trinajstić information content (AvgIpc) is 3.34. The highest BCUT2D eigenvalue weighted by atomic mass is 35.5. The van der Waals surface area contributed by atoms with E-state index in [1.807, 2.05) is 6.07 Å². The number of nitrogens with one attached hydrogen (secondary N) is 1. The second kappa shape index (κ2) is 11.7. The summed E-state index contributed by atoms with van der Waals surface area (Å²) in [4.78, 5) is 38.0. The van der Waals surface area contributed by atoms with Gasteiger partial charge in [-0.1, -0.05) is 42.6 Å². The van der Waals surface area contributed by atoms with Gasteiger partial charge < -0.3 is 19.7 Å². The molecule has 0 aromatic heterocycles. The molecule has 9 nitrogen and oxygen atoms in total. The summed E-state index contributed by atoms with van der Waals surface area (Å²) < 4.78 is 10.6. The van der Waals surface area contributed by atoms with Crippen LogP contribution in [0.4, 0.5) is 5.69 Å². The summed E-state index contributed by atoms with van der Waals surface area (Å²) in [5, 5.41) is 14.6. The zero-order chi connectivity index (χ0) is 24.7. The van der Waals surface area contributed by atoms with Crippen molar-refractivity contribution in [1.82, 2.24) is 10.2 Å². The number of methoxy groups -OCH3 is 1. The number of hydrogen-bond acceptors (Lipinski definition) is 6. The molecule has 0 saturated heterocycles. The van der Waals surface area contributed by atoms with Crippen molar-refractivity contribution < 1.29 is 24.0 Å². The number of halogens is 1. The number of carbonyl (C=O) groups excluding carboxylic acids is 2. The van der Waals surface area contributed by atoms with Gasteiger partial charge in [0.15, 0.2) is 6.61 Å². The normalized spacial score (nSPS) is 14.3. The molecule has 0 spiro atoms. The van der Waals surface area contributed by atoms with E-state index < -0.39 is 16.9 Å². The summed E-state index contributed by atoms with van der Waals surface area (Å²) in [5.41, 5.74) is 0.494. The highest BCUT2D eigenvalue weighted by Gasteiger charge is 2.29. The maximum atomic E-state index is 13.2. The Bertz CT molecular complexity index is 1040. The van der Waals surface area contributed by atoms with Gasteiger partial charge in [0.2, 0.25) is 11.7 Å². The zero-order valence-electron chi connectivity index (χ0n) is 19.2. The van der Waals surface area contributed by atoms with Crippen molar-refractivity contribution in [3.05, 3.63) is 63.2 Å². The van der Waals surface area contributed by atoms with E-state index in [-0.39, 0.29) is 42.3 Å². The monoisotopic (exact) mass is 489 g/mol. The molecule has 0 radical (unpaired) electrons. The van der Waals surface area contributed by atoms with Crippen LogP contribution in [0.2, 0.25) is 5.02 Å². The van der Waals surface area contributed by atoms with Crippen LogP contribution in [0.5, 0.6) is 11.5 Å². The molecule has 1 aliphatic rings. The lowest BCUT2D eigenvalue weighted by Crippen LogP contribution is -2.50. The molecule has 0 unspecified atom stereocenters. The fourth-order valence-corrected chi connectivity index (χ4v) is 4.11. The summed E-state index contributed by atoms with van der Waals surface area (Å²) in [6, 6.07) is 10.5. The Kier molecular flexibility index (Phi) is 8.70. The SMILES string of the molecule is COc1cc(OCC(=O)N(Cc2ccccc2Cl)[C@@H](C)C(=O)NC2CCCC2)ccc1[N+](=O)[O-]. The van der Waals surface area contributed by atoms with E-state index >= 15 is 0 Å². The van der Waals surface area contributed by atoms with Crippen molar-refractivity contribution in [2.24, 2.45) is 0 Å². The minimum atomic E-state index is -0.751. The van der Waals surface area contributed by atoms with Gasteiger partial charge in [0.1, 0.15) is 11.8 Å². The minimum absolute atomic E-state index is 0.0205. The second-order valence-electron chi connectivity index (χ2n) is 8.16. The summed E-state index contributed by atoms with van der Waals surface area (Å²) in [6.07, 6.45) is 4.02. The first-order chi connectivity index (χ1) is 16.3. The number of carbonyl (C=O) groups is 2. The first kappa shape index (κ1) is 25.3. The van der Waals surface area contributed by atoms with Gasteiger partial charge in [0, 0.05) is 29.7 Å².